The number of benzene rings is 1. The van der Waals surface area contributed by atoms with Gasteiger partial charge in [-0.3, -0.25) is 0 Å². The molecule has 0 aliphatic rings. The highest BCUT2D eigenvalue weighted by molar-refractivity contribution is 14.0. The zero-order valence-corrected chi connectivity index (χ0v) is 19.2. The third-order valence-corrected chi connectivity index (χ3v) is 4.31. The van der Waals surface area contributed by atoms with Crippen LogP contribution < -0.4 is 10.6 Å². The van der Waals surface area contributed by atoms with Crippen LogP contribution in [0.5, 0.6) is 0 Å². The summed E-state index contributed by atoms with van der Waals surface area (Å²) in [5, 5.41) is 8.76. The third kappa shape index (κ3) is 9.00. The fourth-order valence-electron chi connectivity index (χ4n) is 2.21. The average molecular weight is 487 g/mol. The molecule has 0 aliphatic carbocycles. The van der Waals surface area contributed by atoms with Crippen molar-refractivity contribution in [2.45, 2.75) is 53.0 Å². The second-order valence-electron chi connectivity index (χ2n) is 6.85. The van der Waals surface area contributed by atoms with Gasteiger partial charge in [0.25, 0.3) is 0 Å². The Morgan fingerprint density at radius 1 is 1.12 bits per heavy atom. The topological polar surface area (TPSA) is 45.7 Å². The van der Waals surface area contributed by atoms with Gasteiger partial charge in [-0.2, -0.15) is 0 Å². The van der Waals surface area contributed by atoms with Gasteiger partial charge >= 0.3 is 0 Å². The molecule has 0 amide bonds. The lowest BCUT2D eigenvalue weighted by Gasteiger charge is -2.19. The first-order chi connectivity index (χ1) is 12.0. The number of thiophene rings is 1. The summed E-state index contributed by atoms with van der Waals surface area (Å²) in [6.45, 7) is 11.2. The molecule has 2 N–H and O–H groups in total. The van der Waals surface area contributed by atoms with Crippen LogP contribution >= 0.6 is 35.3 Å². The molecule has 0 atom stereocenters. The number of aliphatic imine (C=N–C) groups is 1. The summed E-state index contributed by atoms with van der Waals surface area (Å²) in [7, 11) is 0. The van der Waals surface area contributed by atoms with Crippen molar-refractivity contribution < 1.29 is 4.74 Å². The number of rotatable bonds is 7. The highest BCUT2D eigenvalue weighted by Gasteiger charge is 2.10. The van der Waals surface area contributed by atoms with Gasteiger partial charge < -0.3 is 15.4 Å². The van der Waals surface area contributed by atoms with Crippen molar-refractivity contribution >= 4 is 41.3 Å². The number of halogens is 1. The lowest BCUT2D eigenvalue weighted by molar-refractivity contribution is -0.0149. The van der Waals surface area contributed by atoms with Crippen molar-refractivity contribution in [1.82, 2.24) is 10.6 Å². The normalized spacial score (nSPS) is 11.8. The van der Waals surface area contributed by atoms with E-state index in [2.05, 4.69) is 80.1 Å². The van der Waals surface area contributed by atoms with Crippen LogP contribution in [0.2, 0.25) is 0 Å². The zero-order chi connectivity index (χ0) is 18.1. The van der Waals surface area contributed by atoms with Crippen molar-refractivity contribution in [1.29, 1.82) is 0 Å². The Labute approximate surface area is 178 Å². The second-order valence-corrected chi connectivity index (χ2v) is 7.88. The van der Waals surface area contributed by atoms with E-state index in [0.29, 0.717) is 13.2 Å². The highest BCUT2D eigenvalue weighted by atomic mass is 127. The first kappa shape index (κ1) is 22.9. The molecule has 1 aromatic carbocycles. The molecule has 2 aromatic rings. The lowest BCUT2D eigenvalue weighted by atomic mass is 10.1. The maximum absolute atomic E-state index is 5.86. The number of hydrogen-bond donors (Lipinski definition) is 2. The molecule has 0 aliphatic heterocycles. The predicted octanol–water partition coefficient (Wildman–Crippen LogP) is 4.94. The Bertz CT molecular complexity index is 666. The second kappa shape index (κ2) is 11.6. The number of nitrogens with zero attached hydrogens (tertiary/aromatic N) is 1. The highest BCUT2D eigenvalue weighted by Crippen LogP contribution is 2.13. The Kier molecular flexibility index (Phi) is 10.2. The molecule has 0 radical (unpaired) electrons. The lowest BCUT2D eigenvalue weighted by Crippen LogP contribution is -2.36. The van der Waals surface area contributed by atoms with Crippen LogP contribution in [0.25, 0.3) is 0 Å². The molecule has 0 saturated carbocycles. The number of guanidine groups is 1. The van der Waals surface area contributed by atoms with Crippen LogP contribution in [-0.4, -0.2) is 18.1 Å². The van der Waals surface area contributed by atoms with Gasteiger partial charge in [0, 0.05) is 11.4 Å². The quantitative estimate of drug-likeness (QED) is 0.331. The fraction of sp³-hybridized carbons (Fsp3) is 0.450. The minimum Gasteiger partial charge on any atom is -0.371 e. The van der Waals surface area contributed by atoms with Crippen molar-refractivity contribution in [2.24, 2.45) is 4.99 Å². The molecule has 26 heavy (non-hydrogen) atoms. The molecule has 1 heterocycles. The van der Waals surface area contributed by atoms with Crippen molar-refractivity contribution in [3.05, 3.63) is 57.8 Å². The van der Waals surface area contributed by atoms with Gasteiger partial charge in [-0.15, -0.1) is 35.3 Å². The first-order valence-corrected chi connectivity index (χ1v) is 9.60. The van der Waals surface area contributed by atoms with E-state index < -0.39 is 0 Å². The Balaban J connectivity index is 0.00000338. The largest absolute Gasteiger partial charge is 0.371 e. The minimum absolute atomic E-state index is 0. The van der Waals surface area contributed by atoms with Crippen LogP contribution in [-0.2, 0) is 24.4 Å². The van der Waals surface area contributed by atoms with Crippen LogP contribution in [0.15, 0.2) is 46.8 Å². The van der Waals surface area contributed by atoms with Crippen LogP contribution in [0.4, 0.5) is 0 Å². The summed E-state index contributed by atoms with van der Waals surface area (Å²) >= 11 is 1.75. The van der Waals surface area contributed by atoms with E-state index in [1.807, 2.05) is 0 Å². The minimum atomic E-state index is -0.127. The van der Waals surface area contributed by atoms with Crippen molar-refractivity contribution in [3.8, 4) is 0 Å². The summed E-state index contributed by atoms with van der Waals surface area (Å²) in [5.74, 6) is 0.840. The maximum atomic E-state index is 5.86. The predicted molar refractivity (Wildman–Crippen MR) is 122 cm³/mol. The standard InChI is InChI=1S/C20H29N3OS.HI/c1-5-21-19(23-14-18-10-7-11-25-18)22-13-16-8-6-9-17(12-16)15-24-20(2,3)4;/h6-12H,5,13-15H2,1-4H3,(H2,21,22,23);1H. The zero-order valence-electron chi connectivity index (χ0n) is 16.0. The number of hydrogen-bond acceptors (Lipinski definition) is 3. The van der Waals surface area contributed by atoms with Gasteiger partial charge in [0.2, 0.25) is 0 Å². The van der Waals surface area contributed by atoms with Crippen LogP contribution in [0.1, 0.15) is 43.7 Å². The fourth-order valence-corrected chi connectivity index (χ4v) is 2.86. The molecule has 1 aromatic heterocycles. The van der Waals surface area contributed by atoms with Crippen molar-refractivity contribution in [3.63, 3.8) is 0 Å². The van der Waals surface area contributed by atoms with Gasteiger partial charge in [0.05, 0.1) is 25.3 Å². The van der Waals surface area contributed by atoms with Gasteiger partial charge in [-0.25, -0.2) is 4.99 Å². The molecule has 4 nitrogen and oxygen atoms in total. The summed E-state index contributed by atoms with van der Waals surface area (Å²) < 4.78 is 5.86. The van der Waals surface area contributed by atoms with E-state index in [1.165, 1.54) is 16.0 Å². The molecule has 0 fully saturated rings. The summed E-state index contributed by atoms with van der Waals surface area (Å²) in [5.41, 5.74) is 2.24. The molecule has 0 saturated heterocycles. The molecular formula is C20H30IN3OS. The molecule has 0 spiro atoms. The smallest absolute Gasteiger partial charge is 0.191 e. The molecule has 0 bridgehead atoms. The van der Waals surface area contributed by atoms with Crippen molar-refractivity contribution in [2.75, 3.05) is 6.54 Å². The Morgan fingerprint density at radius 2 is 1.88 bits per heavy atom. The van der Waals surface area contributed by atoms with Crippen LogP contribution in [0.3, 0.4) is 0 Å². The number of ether oxygens (including phenoxy) is 1. The average Bonchev–Trinajstić information content (AvgIpc) is 3.09. The monoisotopic (exact) mass is 487 g/mol. The van der Waals surface area contributed by atoms with Gasteiger partial charge in [-0.1, -0.05) is 30.3 Å². The summed E-state index contributed by atoms with van der Waals surface area (Å²) in [6.07, 6.45) is 0. The first-order valence-electron chi connectivity index (χ1n) is 8.72. The summed E-state index contributed by atoms with van der Waals surface area (Å²) in [6, 6.07) is 12.6. The Morgan fingerprint density at radius 3 is 2.54 bits per heavy atom. The molecule has 0 unspecified atom stereocenters. The molecule has 144 valence electrons. The van der Waals surface area contributed by atoms with Gasteiger partial charge in [0.15, 0.2) is 5.96 Å². The maximum Gasteiger partial charge on any atom is 0.191 e. The van der Waals surface area contributed by atoms with E-state index in [-0.39, 0.29) is 29.6 Å². The molecular weight excluding hydrogens is 457 g/mol. The van der Waals surface area contributed by atoms with E-state index in [4.69, 9.17) is 9.73 Å². The van der Waals surface area contributed by atoms with E-state index in [9.17, 15) is 0 Å². The number of nitrogens with one attached hydrogen (secondary N) is 2. The molecule has 6 heteroatoms. The van der Waals surface area contributed by atoms with E-state index in [1.54, 1.807) is 11.3 Å². The third-order valence-electron chi connectivity index (χ3n) is 3.44. The van der Waals surface area contributed by atoms with E-state index in [0.717, 1.165) is 19.0 Å². The Hall–Kier alpha value is -1.12. The SMILES string of the molecule is CCNC(=NCc1cccc(COC(C)(C)C)c1)NCc1cccs1.I. The van der Waals surface area contributed by atoms with Gasteiger partial charge in [-0.05, 0) is 50.3 Å². The molecule has 2 rings (SSSR count). The summed E-state index contributed by atoms with van der Waals surface area (Å²) in [4.78, 5) is 5.99. The van der Waals surface area contributed by atoms with E-state index >= 15 is 0 Å². The van der Waals surface area contributed by atoms with Crippen LogP contribution in [0, 0.1) is 0 Å². The van der Waals surface area contributed by atoms with Gasteiger partial charge in [0.1, 0.15) is 0 Å².